The zero-order valence-corrected chi connectivity index (χ0v) is 11.7. The van der Waals surface area contributed by atoms with E-state index < -0.39 is 6.10 Å². The van der Waals surface area contributed by atoms with Gasteiger partial charge >= 0.3 is 0 Å². The van der Waals surface area contributed by atoms with Gasteiger partial charge in [0.15, 0.2) is 0 Å². The van der Waals surface area contributed by atoms with E-state index in [-0.39, 0.29) is 5.91 Å². The Bertz CT molecular complexity index is 648. The topological polar surface area (TPSA) is 71.2 Å². The van der Waals surface area contributed by atoms with Gasteiger partial charge in [0.1, 0.15) is 5.52 Å². The second-order valence-corrected chi connectivity index (χ2v) is 5.51. The standard InChI is InChI=1S/C14H18N4O2/c1-17(8-13(19)9-3-4-9)14(20)10-5-6-12-11(7-10)15-16-18(12)2/h5-7,9,13,19H,3-4,8H2,1-2H3. The van der Waals surface area contributed by atoms with Gasteiger partial charge in [0, 0.05) is 26.2 Å². The molecule has 1 amide bonds. The van der Waals surface area contributed by atoms with Crippen molar-refractivity contribution in [2.24, 2.45) is 13.0 Å². The van der Waals surface area contributed by atoms with E-state index in [9.17, 15) is 9.90 Å². The Labute approximate surface area is 117 Å². The molecule has 1 aromatic carbocycles. The number of aryl methyl sites for hydroxylation is 1. The Morgan fingerprint density at radius 3 is 3.00 bits per heavy atom. The number of aliphatic hydroxyl groups is 1. The van der Waals surface area contributed by atoms with Gasteiger partial charge in [-0.25, -0.2) is 4.68 Å². The Morgan fingerprint density at radius 2 is 2.30 bits per heavy atom. The van der Waals surface area contributed by atoms with Crippen LogP contribution in [0.25, 0.3) is 11.0 Å². The van der Waals surface area contributed by atoms with Crippen molar-refractivity contribution in [3.8, 4) is 0 Å². The van der Waals surface area contributed by atoms with Crippen molar-refractivity contribution in [2.45, 2.75) is 18.9 Å². The summed E-state index contributed by atoms with van der Waals surface area (Å²) in [7, 11) is 3.53. The second kappa shape index (κ2) is 4.86. The van der Waals surface area contributed by atoms with E-state index in [1.807, 2.05) is 13.1 Å². The minimum Gasteiger partial charge on any atom is -0.391 e. The molecule has 1 fully saturated rings. The van der Waals surface area contributed by atoms with Crippen molar-refractivity contribution in [2.75, 3.05) is 13.6 Å². The molecular formula is C14H18N4O2. The van der Waals surface area contributed by atoms with Gasteiger partial charge in [0.25, 0.3) is 5.91 Å². The summed E-state index contributed by atoms with van der Waals surface area (Å²) in [5, 5.41) is 17.8. The molecule has 20 heavy (non-hydrogen) atoms. The molecule has 3 rings (SSSR count). The van der Waals surface area contributed by atoms with Gasteiger partial charge in [-0.15, -0.1) is 5.10 Å². The van der Waals surface area contributed by atoms with Crippen molar-refractivity contribution >= 4 is 16.9 Å². The fourth-order valence-electron chi connectivity index (χ4n) is 2.39. The molecule has 1 aliphatic carbocycles. The molecule has 2 aromatic rings. The number of carbonyl (C=O) groups is 1. The van der Waals surface area contributed by atoms with Crippen LogP contribution in [0, 0.1) is 5.92 Å². The van der Waals surface area contributed by atoms with Crippen LogP contribution in [0.1, 0.15) is 23.2 Å². The average molecular weight is 274 g/mol. The third-order valence-electron chi connectivity index (χ3n) is 3.83. The van der Waals surface area contributed by atoms with Gasteiger partial charge in [-0.3, -0.25) is 4.79 Å². The first-order valence-electron chi connectivity index (χ1n) is 6.79. The molecule has 0 aliphatic heterocycles. The number of fused-ring (bicyclic) bond motifs is 1. The summed E-state index contributed by atoms with van der Waals surface area (Å²) < 4.78 is 1.67. The summed E-state index contributed by atoms with van der Waals surface area (Å²) >= 11 is 0. The van der Waals surface area contributed by atoms with Crippen LogP contribution in [0.2, 0.25) is 0 Å². The lowest BCUT2D eigenvalue weighted by molar-refractivity contribution is 0.0645. The predicted octanol–water partition coefficient (Wildman–Crippen LogP) is 0.811. The lowest BCUT2D eigenvalue weighted by Gasteiger charge is -2.20. The van der Waals surface area contributed by atoms with Crippen molar-refractivity contribution in [3.63, 3.8) is 0 Å². The highest BCUT2D eigenvalue weighted by Crippen LogP contribution is 2.32. The van der Waals surface area contributed by atoms with E-state index in [1.165, 1.54) is 0 Å². The summed E-state index contributed by atoms with van der Waals surface area (Å²) in [5.74, 6) is 0.268. The number of aliphatic hydroxyl groups excluding tert-OH is 1. The predicted molar refractivity (Wildman–Crippen MR) is 74.2 cm³/mol. The normalized spacial score (nSPS) is 16.4. The molecule has 1 atom stereocenters. The number of likely N-dealkylation sites (N-methyl/N-ethyl adjacent to an activating group) is 1. The first-order chi connectivity index (χ1) is 9.56. The minimum absolute atomic E-state index is 0.0998. The molecule has 0 saturated heterocycles. The molecule has 6 nitrogen and oxygen atoms in total. The Balaban J connectivity index is 1.76. The van der Waals surface area contributed by atoms with Gasteiger partial charge in [-0.05, 0) is 37.0 Å². The van der Waals surface area contributed by atoms with E-state index in [0.29, 0.717) is 23.5 Å². The number of nitrogens with zero attached hydrogens (tertiary/aromatic N) is 4. The van der Waals surface area contributed by atoms with Gasteiger partial charge < -0.3 is 10.0 Å². The first-order valence-corrected chi connectivity index (χ1v) is 6.79. The zero-order valence-electron chi connectivity index (χ0n) is 11.7. The summed E-state index contributed by atoms with van der Waals surface area (Å²) in [4.78, 5) is 13.9. The van der Waals surface area contributed by atoms with Crippen molar-refractivity contribution in [1.82, 2.24) is 19.9 Å². The van der Waals surface area contributed by atoms with Crippen LogP contribution in [0.4, 0.5) is 0 Å². The van der Waals surface area contributed by atoms with Crippen molar-refractivity contribution in [1.29, 1.82) is 0 Å². The molecule has 1 saturated carbocycles. The Morgan fingerprint density at radius 1 is 1.55 bits per heavy atom. The smallest absolute Gasteiger partial charge is 0.253 e. The third kappa shape index (κ3) is 2.38. The van der Waals surface area contributed by atoms with Crippen LogP contribution >= 0.6 is 0 Å². The molecule has 0 radical (unpaired) electrons. The van der Waals surface area contributed by atoms with Gasteiger partial charge in [0.2, 0.25) is 0 Å². The SMILES string of the molecule is CN(CC(O)C1CC1)C(=O)c1ccc2c(c1)nnn2C. The number of hydrogen-bond acceptors (Lipinski definition) is 4. The maximum Gasteiger partial charge on any atom is 0.253 e. The van der Waals surface area contributed by atoms with Gasteiger partial charge in [0.05, 0.1) is 11.6 Å². The fraction of sp³-hybridized carbons (Fsp3) is 0.500. The van der Waals surface area contributed by atoms with Gasteiger partial charge in [-0.1, -0.05) is 5.21 Å². The minimum atomic E-state index is -0.413. The van der Waals surface area contributed by atoms with Crippen LogP contribution in [0.15, 0.2) is 18.2 Å². The summed E-state index contributed by atoms with van der Waals surface area (Å²) in [6, 6.07) is 5.35. The monoisotopic (exact) mass is 274 g/mol. The number of benzene rings is 1. The number of aromatic nitrogens is 3. The summed E-state index contributed by atoms with van der Waals surface area (Å²) in [6.45, 7) is 0.377. The highest BCUT2D eigenvalue weighted by atomic mass is 16.3. The maximum absolute atomic E-state index is 12.3. The molecular weight excluding hydrogens is 256 g/mol. The van der Waals surface area contributed by atoms with E-state index in [0.717, 1.165) is 18.4 Å². The van der Waals surface area contributed by atoms with E-state index in [2.05, 4.69) is 10.3 Å². The molecule has 1 aliphatic rings. The largest absolute Gasteiger partial charge is 0.391 e. The lowest BCUT2D eigenvalue weighted by Crippen LogP contribution is -2.35. The molecule has 0 bridgehead atoms. The maximum atomic E-state index is 12.3. The van der Waals surface area contributed by atoms with Gasteiger partial charge in [-0.2, -0.15) is 0 Å². The first kappa shape index (κ1) is 13.1. The molecule has 1 aromatic heterocycles. The lowest BCUT2D eigenvalue weighted by atomic mass is 10.1. The second-order valence-electron chi connectivity index (χ2n) is 5.51. The summed E-state index contributed by atoms with van der Waals surface area (Å²) in [5.41, 5.74) is 2.17. The molecule has 1 N–H and O–H groups in total. The number of rotatable bonds is 4. The zero-order chi connectivity index (χ0) is 14.3. The van der Waals surface area contributed by atoms with Crippen LogP contribution < -0.4 is 0 Å². The van der Waals surface area contributed by atoms with Crippen LogP contribution in [-0.2, 0) is 7.05 Å². The highest BCUT2D eigenvalue weighted by molar-refractivity contribution is 5.97. The van der Waals surface area contributed by atoms with Crippen LogP contribution in [0.5, 0.6) is 0 Å². The molecule has 1 unspecified atom stereocenters. The Kier molecular flexibility index (Phi) is 3.17. The van der Waals surface area contributed by atoms with Crippen LogP contribution in [-0.4, -0.2) is 50.6 Å². The molecule has 0 spiro atoms. The number of hydrogen-bond donors (Lipinski definition) is 1. The number of carbonyl (C=O) groups excluding carboxylic acids is 1. The average Bonchev–Trinajstić information content (AvgIpc) is 3.23. The summed E-state index contributed by atoms with van der Waals surface area (Å²) in [6.07, 6.45) is 1.72. The molecule has 6 heteroatoms. The van der Waals surface area contributed by atoms with Crippen molar-refractivity contribution < 1.29 is 9.90 Å². The Hall–Kier alpha value is -1.95. The van der Waals surface area contributed by atoms with E-state index in [1.54, 1.807) is 28.8 Å². The van der Waals surface area contributed by atoms with Crippen LogP contribution in [0.3, 0.4) is 0 Å². The van der Waals surface area contributed by atoms with E-state index >= 15 is 0 Å². The van der Waals surface area contributed by atoms with E-state index in [4.69, 9.17) is 0 Å². The fourth-order valence-corrected chi connectivity index (χ4v) is 2.39. The third-order valence-corrected chi connectivity index (χ3v) is 3.83. The molecule has 1 heterocycles. The van der Waals surface area contributed by atoms with Crippen molar-refractivity contribution in [3.05, 3.63) is 23.8 Å². The molecule has 106 valence electrons. The quantitative estimate of drug-likeness (QED) is 0.895. The number of amides is 1. The highest BCUT2D eigenvalue weighted by Gasteiger charge is 2.31.